The largest absolute Gasteiger partial charge is 0.312 e. The van der Waals surface area contributed by atoms with Crippen LogP contribution in [0.2, 0.25) is 0 Å². The van der Waals surface area contributed by atoms with E-state index in [2.05, 4.69) is 11.4 Å². The van der Waals surface area contributed by atoms with Gasteiger partial charge in [0.25, 0.3) is 5.91 Å². The number of nitriles is 1. The lowest BCUT2D eigenvalue weighted by Gasteiger charge is -2.08. The van der Waals surface area contributed by atoms with E-state index in [1.54, 1.807) is 54.6 Å². The molecule has 28 heavy (non-hydrogen) atoms. The van der Waals surface area contributed by atoms with Gasteiger partial charge in [-0.05, 0) is 49.2 Å². The maximum atomic E-state index is 12.6. The van der Waals surface area contributed by atoms with Crippen LogP contribution in [-0.2, 0) is 15.6 Å². The summed E-state index contributed by atoms with van der Waals surface area (Å²) in [6.45, 7) is 3.74. The van der Waals surface area contributed by atoms with Crippen molar-refractivity contribution in [2.45, 2.75) is 24.5 Å². The molecule has 7 heteroatoms. The summed E-state index contributed by atoms with van der Waals surface area (Å²) in [6.07, 6.45) is 0. The van der Waals surface area contributed by atoms with Gasteiger partial charge in [0.15, 0.2) is 9.84 Å². The first-order valence-electron chi connectivity index (χ1n) is 8.50. The van der Waals surface area contributed by atoms with Gasteiger partial charge in [0.1, 0.15) is 11.1 Å². The zero-order chi connectivity index (χ0) is 20.3. The van der Waals surface area contributed by atoms with Crippen molar-refractivity contribution in [1.82, 2.24) is 0 Å². The highest BCUT2D eigenvalue weighted by Gasteiger charge is 2.18. The molecule has 3 aromatic rings. The summed E-state index contributed by atoms with van der Waals surface area (Å²) < 4.78 is 25.1. The topological polar surface area (TPSA) is 87.0 Å². The van der Waals surface area contributed by atoms with Gasteiger partial charge in [0.2, 0.25) is 0 Å². The molecule has 0 saturated carbocycles. The number of carbonyl (C=O) groups is 1. The summed E-state index contributed by atoms with van der Waals surface area (Å²) in [7, 11) is -3.50. The van der Waals surface area contributed by atoms with Crippen molar-refractivity contribution >= 4 is 32.1 Å². The van der Waals surface area contributed by atoms with E-state index < -0.39 is 9.84 Å². The lowest BCUT2D eigenvalue weighted by atomic mass is 10.1. The Morgan fingerprint density at radius 1 is 1.11 bits per heavy atom. The third kappa shape index (κ3) is 4.14. The first-order chi connectivity index (χ1) is 13.3. The van der Waals surface area contributed by atoms with Gasteiger partial charge in [0, 0.05) is 10.4 Å². The van der Waals surface area contributed by atoms with Crippen LogP contribution in [0.3, 0.4) is 0 Å². The van der Waals surface area contributed by atoms with Crippen LogP contribution in [0.15, 0.2) is 59.5 Å². The Kier molecular flexibility index (Phi) is 5.63. The maximum absolute atomic E-state index is 12.6. The van der Waals surface area contributed by atoms with E-state index in [-0.39, 0.29) is 16.6 Å². The summed E-state index contributed by atoms with van der Waals surface area (Å²) in [5.74, 6) is -0.574. The molecule has 0 aliphatic heterocycles. The van der Waals surface area contributed by atoms with Gasteiger partial charge in [-0.2, -0.15) is 5.26 Å². The molecule has 142 valence electrons. The van der Waals surface area contributed by atoms with Crippen molar-refractivity contribution in [2.75, 3.05) is 5.32 Å². The zero-order valence-corrected chi connectivity index (χ0v) is 17.0. The average Bonchev–Trinajstić information content (AvgIpc) is 2.95. The highest BCUT2D eigenvalue weighted by Crippen LogP contribution is 2.32. The molecule has 0 aliphatic rings. The van der Waals surface area contributed by atoms with Gasteiger partial charge < -0.3 is 5.32 Å². The highest BCUT2D eigenvalue weighted by atomic mass is 32.2. The second-order valence-corrected chi connectivity index (χ2v) is 9.54. The van der Waals surface area contributed by atoms with Crippen LogP contribution in [0.5, 0.6) is 0 Å². The molecule has 1 N–H and O–H groups in total. The van der Waals surface area contributed by atoms with E-state index >= 15 is 0 Å². The number of carbonyl (C=O) groups excluding carboxylic acids is 1. The molecule has 1 heterocycles. The minimum atomic E-state index is -3.50. The number of rotatable bonds is 5. The summed E-state index contributed by atoms with van der Waals surface area (Å²) in [6, 6.07) is 16.8. The summed E-state index contributed by atoms with van der Waals surface area (Å²) in [5, 5.41) is 12.6. The lowest BCUT2D eigenvalue weighted by molar-refractivity contribution is 0.102. The van der Waals surface area contributed by atoms with Gasteiger partial charge in [-0.25, -0.2) is 8.42 Å². The van der Waals surface area contributed by atoms with Crippen molar-refractivity contribution in [3.05, 3.63) is 81.7 Å². The molecule has 0 atom stereocenters. The Morgan fingerprint density at radius 3 is 2.50 bits per heavy atom. The van der Waals surface area contributed by atoms with E-state index in [4.69, 9.17) is 0 Å². The Labute approximate surface area is 168 Å². The Balaban J connectivity index is 1.83. The minimum absolute atomic E-state index is 0.196. The number of anilines is 1. The van der Waals surface area contributed by atoms with Crippen molar-refractivity contribution in [3.63, 3.8) is 0 Å². The molecular formula is C21H18N2O3S2. The maximum Gasteiger partial charge on any atom is 0.256 e. The van der Waals surface area contributed by atoms with Gasteiger partial charge in [-0.15, -0.1) is 11.3 Å². The van der Waals surface area contributed by atoms with Crippen LogP contribution >= 0.6 is 11.3 Å². The van der Waals surface area contributed by atoms with E-state index in [1.165, 1.54) is 11.3 Å². The molecule has 0 unspecified atom stereocenters. The zero-order valence-electron chi connectivity index (χ0n) is 15.4. The van der Waals surface area contributed by atoms with Crippen LogP contribution in [0.4, 0.5) is 5.00 Å². The minimum Gasteiger partial charge on any atom is -0.312 e. The number of nitrogens with one attached hydrogen (secondary N) is 1. The number of thiophene rings is 1. The molecule has 0 radical (unpaired) electrons. The van der Waals surface area contributed by atoms with Crippen molar-refractivity contribution in [2.24, 2.45) is 0 Å². The fourth-order valence-corrected chi connectivity index (χ4v) is 5.12. The summed E-state index contributed by atoms with van der Waals surface area (Å²) in [4.78, 5) is 13.8. The Hall–Kier alpha value is -2.95. The van der Waals surface area contributed by atoms with Crippen LogP contribution in [-0.4, -0.2) is 14.3 Å². The van der Waals surface area contributed by atoms with E-state index in [0.29, 0.717) is 21.7 Å². The third-order valence-electron chi connectivity index (χ3n) is 4.37. The number of hydrogen-bond acceptors (Lipinski definition) is 5. The van der Waals surface area contributed by atoms with Crippen LogP contribution in [0.25, 0.3) is 0 Å². The molecular weight excluding hydrogens is 392 g/mol. The monoisotopic (exact) mass is 410 g/mol. The van der Waals surface area contributed by atoms with Gasteiger partial charge in [0.05, 0.1) is 16.2 Å². The Morgan fingerprint density at radius 2 is 1.82 bits per heavy atom. The first-order valence-corrected chi connectivity index (χ1v) is 11.0. The van der Waals surface area contributed by atoms with E-state index in [1.807, 2.05) is 13.8 Å². The summed E-state index contributed by atoms with van der Waals surface area (Å²) in [5.41, 5.74) is 2.17. The number of amides is 1. The SMILES string of the molecule is Cc1sc(NC(=O)c2cccc(CS(=O)(=O)c3ccccc3)c2)c(C#N)c1C. The van der Waals surface area contributed by atoms with Gasteiger partial charge >= 0.3 is 0 Å². The van der Waals surface area contributed by atoms with Crippen LogP contribution in [0.1, 0.15) is 31.9 Å². The molecule has 0 bridgehead atoms. The molecule has 0 spiro atoms. The van der Waals surface area contributed by atoms with Crippen LogP contribution in [0, 0.1) is 25.2 Å². The van der Waals surface area contributed by atoms with Gasteiger partial charge in [-0.3, -0.25) is 4.79 Å². The number of aryl methyl sites for hydroxylation is 1. The number of sulfone groups is 1. The Bertz CT molecular complexity index is 1170. The van der Waals surface area contributed by atoms with Crippen LogP contribution < -0.4 is 5.32 Å². The predicted octanol–water partition coefficient (Wildman–Crippen LogP) is 4.46. The highest BCUT2D eigenvalue weighted by molar-refractivity contribution is 7.90. The van der Waals surface area contributed by atoms with Gasteiger partial charge in [-0.1, -0.05) is 30.3 Å². The number of benzene rings is 2. The molecule has 1 aromatic heterocycles. The van der Waals surface area contributed by atoms with Crippen molar-refractivity contribution < 1.29 is 13.2 Å². The fourth-order valence-electron chi connectivity index (χ4n) is 2.76. The van der Waals surface area contributed by atoms with Crippen molar-refractivity contribution in [3.8, 4) is 6.07 Å². The smallest absolute Gasteiger partial charge is 0.256 e. The third-order valence-corrected chi connectivity index (χ3v) is 7.20. The second kappa shape index (κ2) is 7.97. The van der Waals surface area contributed by atoms with E-state index in [9.17, 15) is 18.5 Å². The molecule has 2 aromatic carbocycles. The molecule has 1 amide bonds. The van der Waals surface area contributed by atoms with Crippen molar-refractivity contribution in [1.29, 1.82) is 5.26 Å². The summed E-state index contributed by atoms with van der Waals surface area (Å²) >= 11 is 1.35. The molecule has 0 fully saturated rings. The molecule has 0 saturated heterocycles. The average molecular weight is 411 g/mol. The molecule has 5 nitrogen and oxygen atoms in total. The lowest BCUT2D eigenvalue weighted by Crippen LogP contribution is -2.13. The van der Waals surface area contributed by atoms with E-state index in [0.717, 1.165) is 10.4 Å². The first kappa shape index (κ1) is 19.8. The molecule has 0 aliphatic carbocycles. The molecule has 3 rings (SSSR count). The predicted molar refractivity (Wildman–Crippen MR) is 110 cm³/mol. The normalized spacial score (nSPS) is 11.0. The quantitative estimate of drug-likeness (QED) is 0.673. The second-order valence-electron chi connectivity index (χ2n) is 6.33. The standard InChI is InChI=1S/C21H18N2O3S2/c1-14-15(2)27-21(19(14)12-22)23-20(24)17-8-6-7-16(11-17)13-28(25,26)18-9-4-3-5-10-18/h3-11H,13H2,1-2H3,(H,23,24). The number of hydrogen-bond donors (Lipinski definition) is 1. The number of nitrogens with zero attached hydrogens (tertiary/aromatic N) is 1. The fraction of sp³-hybridized carbons (Fsp3) is 0.143.